The minimum Gasteiger partial charge on any atom is -0.479 e. The van der Waals surface area contributed by atoms with Gasteiger partial charge in [0.05, 0.1) is 42.5 Å². The molecule has 246 valence electrons. The van der Waals surface area contributed by atoms with Crippen LogP contribution in [-0.2, 0) is 33.3 Å². The number of epoxide rings is 1. The van der Waals surface area contributed by atoms with Gasteiger partial charge in [0.15, 0.2) is 6.10 Å². The standard InChI is InChI=1S/C31H50O12/c1-15(14-31(6)28(43-31)18(4)26(39-7)19(5)32)9-8-10-16(2)25-17(3)11-12-20(40-25)13-21(33)41-30-24(36)22(34)23(35)27(42-30)29(37)38/h8-10,15,17-20,22-28,30,32,34-36H,11-14H2,1-7H3,(H,37,38). The first-order valence-corrected chi connectivity index (χ1v) is 15.1. The molecule has 3 fully saturated rings. The highest BCUT2D eigenvalue weighted by molar-refractivity contribution is 5.73. The fourth-order valence-electron chi connectivity index (χ4n) is 6.53. The van der Waals surface area contributed by atoms with Crippen molar-refractivity contribution in [3.8, 4) is 0 Å². The molecule has 0 bridgehead atoms. The zero-order valence-electron chi connectivity index (χ0n) is 26.2. The van der Waals surface area contributed by atoms with Gasteiger partial charge in [-0.05, 0) is 57.4 Å². The monoisotopic (exact) mass is 614 g/mol. The quantitative estimate of drug-likeness (QED) is 0.115. The van der Waals surface area contributed by atoms with E-state index in [-0.39, 0.29) is 48.1 Å². The summed E-state index contributed by atoms with van der Waals surface area (Å²) >= 11 is 0. The molecule has 14 unspecified atom stereocenters. The van der Waals surface area contributed by atoms with E-state index in [4.69, 9.17) is 23.7 Å². The van der Waals surface area contributed by atoms with Crippen LogP contribution in [0.1, 0.15) is 67.2 Å². The average Bonchev–Trinajstić information content (AvgIpc) is 3.59. The number of carbonyl (C=O) groups excluding carboxylic acids is 1. The second kappa shape index (κ2) is 14.9. The maximum absolute atomic E-state index is 12.6. The Bertz CT molecular complexity index is 1010. The minimum absolute atomic E-state index is 0.0171. The first-order chi connectivity index (χ1) is 20.1. The predicted molar refractivity (Wildman–Crippen MR) is 154 cm³/mol. The smallest absolute Gasteiger partial charge is 0.335 e. The summed E-state index contributed by atoms with van der Waals surface area (Å²) in [6.45, 7) is 12.0. The van der Waals surface area contributed by atoms with Gasteiger partial charge in [-0.15, -0.1) is 0 Å². The third-order valence-electron chi connectivity index (χ3n) is 8.91. The Balaban J connectivity index is 1.51. The zero-order chi connectivity index (χ0) is 32.2. The highest BCUT2D eigenvalue weighted by Crippen LogP contribution is 2.47. The molecule has 3 aliphatic rings. The molecule has 0 saturated carbocycles. The Morgan fingerprint density at radius 3 is 2.33 bits per heavy atom. The number of rotatable bonds is 13. The van der Waals surface area contributed by atoms with Crippen LogP contribution in [-0.4, -0.2) is 111 Å². The van der Waals surface area contributed by atoms with Crippen molar-refractivity contribution in [2.75, 3.05) is 7.11 Å². The van der Waals surface area contributed by atoms with Crippen LogP contribution in [0.15, 0.2) is 23.8 Å². The molecule has 0 aromatic rings. The van der Waals surface area contributed by atoms with E-state index in [2.05, 4.69) is 26.8 Å². The van der Waals surface area contributed by atoms with Crippen LogP contribution in [0.4, 0.5) is 0 Å². The van der Waals surface area contributed by atoms with Gasteiger partial charge in [0.25, 0.3) is 0 Å². The van der Waals surface area contributed by atoms with Gasteiger partial charge in [-0.25, -0.2) is 4.79 Å². The van der Waals surface area contributed by atoms with Gasteiger partial charge in [-0.1, -0.05) is 39.0 Å². The van der Waals surface area contributed by atoms with Crippen LogP contribution >= 0.6 is 0 Å². The molecule has 3 saturated heterocycles. The Kier molecular flexibility index (Phi) is 12.3. The SMILES string of the molecule is COC(C(C)O)C(C)C1OC1(C)CC(C)C=CC=C(C)C1OC(CC(=O)OC2OC(C(=O)O)C(O)C(O)C2O)CCC1C. The molecule has 3 rings (SSSR count). The predicted octanol–water partition coefficient (Wildman–Crippen LogP) is 1.71. The summed E-state index contributed by atoms with van der Waals surface area (Å²) in [5.74, 6) is -1.82. The second-order valence-electron chi connectivity index (χ2n) is 12.8. The molecule has 3 heterocycles. The molecule has 0 radical (unpaired) electrons. The van der Waals surface area contributed by atoms with E-state index < -0.39 is 54.9 Å². The van der Waals surface area contributed by atoms with Crippen molar-refractivity contribution in [3.05, 3.63) is 23.8 Å². The summed E-state index contributed by atoms with van der Waals surface area (Å²) < 4.78 is 28.0. The van der Waals surface area contributed by atoms with Crippen molar-refractivity contribution >= 4 is 11.9 Å². The van der Waals surface area contributed by atoms with Crippen LogP contribution in [0.2, 0.25) is 0 Å². The fourth-order valence-corrected chi connectivity index (χ4v) is 6.53. The number of aliphatic carboxylic acids is 1. The number of carbonyl (C=O) groups is 2. The highest BCUT2D eigenvalue weighted by Gasteiger charge is 2.57. The lowest BCUT2D eigenvalue weighted by atomic mass is 9.85. The van der Waals surface area contributed by atoms with E-state index in [1.165, 1.54) is 0 Å². The minimum atomic E-state index is -1.87. The first-order valence-electron chi connectivity index (χ1n) is 15.1. The molecule has 14 atom stereocenters. The van der Waals surface area contributed by atoms with Crippen molar-refractivity contribution in [2.45, 2.75) is 134 Å². The van der Waals surface area contributed by atoms with E-state index in [9.17, 15) is 35.1 Å². The Morgan fingerprint density at radius 2 is 1.72 bits per heavy atom. The van der Waals surface area contributed by atoms with Crippen molar-refractivity contribution < 1.29 is 58.8 Å². The van der Waals surface area contributed by atoms with Gasteiger partial charge in [0, 0.05) is 13.0 Å². The molecular formula is C31H50O12. The molecule has 0 aromatic carbocycles. The molecule has 12 nitrogen and oxygen atoms in total. The van der Waals surface area contributed by atoms with Gasteiger partial charge < -0.3 is 49.2 Å². The number of esters is 1. The van der Waals surface area contributed by atoms with Crippen LogP contribution < -0.4 is 0 Å². The van der Waals surface area contributed by atoms with Crippen LogP contribution in [0.5, 0.6) is 0 Å². The molecule has 12 heteroatoms. The Labute approximate surface area is 253 Å². The summed E-state index contributed by atoms with van der Waals surface area (Å²) in [5, 5.41) is 49.1. The van der Waals surface area contributed by atoms with Crippen molar-refractivity contribution in [1.82, 2.24) is 0 Å². The molecule has 3 aliphatic heterocycles. The highest BCUT2D eigenvalue weighted by atomic mass is 16.7. The largest absolute Gasteiger partial charge is 0.479 e. The first kappa shape index (κ1) is 35.6. The van der Waals surface area contributed by atoms with Gasteiger partial charge in [0.2, 0.25) is 6.29 Å². The van der Waals surface area contributed by atoms with Crippen molar-refractivity contribution in [3.63, 3.8) is 0 Å². The van der Waals surface area contributed by atoms with E-state index in [0.29, 0.717) is 6.42 Å². The van der Waals surface area contributed by atoms with E-state index in [1.807, 2.05) is 26.0 Å². The third-order valence-corrected chi connectivity index (χ3v) is 8.91. The molecule has 0 amide bonds. The number of hydrogen-bond donors (Lipinski definition) is 5. The lowest BCUT2D eigenvalue weighted by Gasteiger charge is -2.38. The number of carboxylic acids is 1. The van der Waals surface area contributed by atoms with Gasteiger partial charge in [-0.2, -0.15) is 0 Å². The van der Waals surface area contributed by atoms with Crippen LogP contribution in [0.3, 0.4) is 0 Å². The summed E-state index contributed by atoms with van der Waals surface area (Å²) in [7, 11) is 1.60. The van der Waals surface area contributed by atoms with Gasteiger partial charge in [-0.3, -0.25) is 4.79 Å². The van der Waals surface area contributed by atoms with Crippen LogP contribution in [0.25, 0.3) is 0 Å². The molecule has 5 N–H and O–H groups in total. The van der Waals surface area contributed by atoms with Crippen LogP contribution in [0, 0.1) is 17.8 Å². The Hall–Kier alpha value is -1.90. The van der Waals surface area contributed by atoms with E-state index in [0.717, 1.165) is 18.4 Å². The average molecular weight is 615 g/mol. The zero-order valence-corrected chi connectivity index (χ0v) is 26.2. The number of aliphatic hydroxyl groups is 4. The third kappa shape index (κ3) is 8.85. The lowest BCUT2D eigenvalue weighted by molar-refractivity contribution is -0.287. The van der Waals surface area contributed by atoms with E-state index >= 15 is 0 Å². The molecule has 0 aliphatic carbocycles. The maximum atomic E-state index is 12.6. The molecule has 43 heavy (non-hydrogen) atoms. The van der Waals surface area contributed by atoms with Crippen molar-refractivity contribution in [2.24, 2.45) is 17.8 Å². The molecule has 0 aromatic heterocycles. The summed E-state index contributed by atoms with van der Waals surface area (Å²) in [6, 6.07) is 0. The Morgan fingerprint density at radius 1 is 1.05 bits per heavy atom. The number of ether oxygens (including phenoxy) is 5. The summed E-state index contributed by atoms with van der Waals surface area (Å²) in [6.07, 6.45) is -2.41. The van der Waals surface area contributed by atoms with Gasteiger partial charge >= 0.3 is 11.9 Å². The normalized spacial score (nSPS) is 39.6. The van der Waals surface area contributed by atoms with Crippen molar-refractivity contribution in [1.29, 1.82) is 0 Å². The maximum Gasteiger partial charge on any atom is 0.335 e. The number of aliphatic hydroxyl groups excluding tert-OH is 4. The van der Waals surface area contributed by atoms with Gasteiger partial charge in [0.1, 0.15) is 18.3 Å². The lowest BCUT2D eigenvalue weighted by Crippen LogP contribution is -2.60. The number of allylic oxidation sites excluding steroid dienone is 3. The number of methoxy groups -OCH3 is 1. The number of carboxylic acid groups (broad SMARTS) is 1. The van der Waals surface area contributed by atoms with E-state index in [1.54, 1.807) is 14.0 Å². The summed E-state index contributed by atoms with van der Waals surface area (Å²) in [5.41, 5.74) is 0.725. The molecular weight excluding hydrogens is 564 g/mol. The number of hydrogen-bond acceptors (Lipinski definition) is 11. The summed E-state index contributed by atoms with van der Waals surface area (Å²) in [4.78, 5) is 23.9. The molecule has 0 spiro atoms. The topological polar surface area (TPSA) is 185 Å². The second-order valence-corrected chi connectivity index (χ2v) is 12.8. The fraction of sp³-hybridized carbons (Fsp3) is 0.806.